The minimum atomic E-state index is 0.110. The standard InChI is InChI=1S/C18H29N5S2/c1-7-19-17(23(6)10-14-11-24-13(2)21-14)20-9-8-16-22-15(12-25-16)18(3,4)5/h11-12H,7-10H2,1-6H3,(H,19,20). The molecule has 7 heteroatoms. The predicted octanol–water partition coefficient (Wildman–Crippen LogP) is 3.85. The van der Waals surface area contributed by atoms with Gasteiger partial charge in [0.1, 0.15) is 0 Å². The Labute approximate surface area is 159 Å². The molecular weight excluding hydrogens is 350 g/mol. The third-order valence-corrected chi connectivity index (χ3v) is 5.40. The molecule has 0 aliphatic carbocycles. The summed E-state index contributed by atoms with van der Waals surface area (Å²) in [6, 6.07) is 0. The summed E-state index contributed by atoms with van der Waals surface area (Å²) in [4.78, 5) is 16.2. The highest BCUT2D eigenvalue weighted by atomic mass is 32.1. The maximum Gasteiger partial charge on any atom is 0.194 e. The van der Waals surface area contributed by atoms with Crippen molar-refractivity contribution in [1.82, 2.24) is 20.2 Å². The first-order valence-corrected chi connectivity index (χ1v) is 10.4. The summed E-state index contributed by atoms with van der Waals surface area (Å²) in [5.41, 5.74) is 2.36. The Morgan fingerprint density at radius 3 is 2.56 bits per heavy atom. The lowest BCUT2D eigenvalue weighted by atomic mass is 9.93. The van der Waals surface area contributed by atoms with E-state index in [1.165, 1.54) is 5.69 Å². The molecule has 0 fully saturated rings. The lowest BCUT2D eigenvalue weighted by Crippen LogP contribution is -2.38. The first-order chi connectivity index (χ1) is 11.8. The molecule has 0 spiro atoms. The highest BCUT2D eigenvalue weighted by Gasteiger charge is 2.17. The lowest BCUT2D eigenvalue weighted by Gasteiger charge is -2.21. The maximum atomic E-state index is 4.76. The Kier molecular flexibility index (Phi) is 6.95. The van der Waals surface area contributed by atoms with Crippen molar-refractivity contribution in [2.45, 2.75) is 53.0 Å². The van der Waals surface area contributed by atoms with Crippen LogP contribution in [0.5, 0.6) is 0 Å². The average molecular weight is 380 g/mol. The van der Waals surface area contributed by atoms with Crippen LogP contribution in [0.3, 0.4) is 0 Å². The largest absolute Gasteiger partial charge is 0.357 e. The van der Waals surface area contributed by atoms with Gasteiger partial charge in [0.15, 0.2) is 5.96 Å². The summed E-state index contributed by atoms with van der Waals surface area (Å²) in [5.74, 6) is 0.917. The van der Waals surface area contributed by atoms with Crippen molar-refractivity contribution in [3.8, 4) is 0 Å². The van der Waals surface area contributed by atoms with Crippen LogP contribution in [0.25, 0.3) is 0 Å². The van der Waals surface area contributed by atoms with E-state index in [0.717, 1.165) is 47.7 Å². The number of aromatic nitrogens is 2. The molecule has 0 bridgehead atoms. The van der Waals surface area contributed by atoms with Crippen LogP contribution in [0.1, 0.15) is 49.1 Å². The number of aryl methyl sites for hydroxylation is 1. The van der Waals surface area contributed by atoms with E-state index >= 15 is 0 Å². The summed E-state index contributed by atoms with van der Waals surface area (Å²) in [5, 5.41) is 9.89. The van der Waals surface area contributed by atoms with Gasteiger partial charge in [-0.2, -0.15) is 0 Å². The van der Waals surface area contributed by atoms with Crippen LogP contribution in [0.15, 0.2) is 15.8 Å². The highest BCUT2D eigenvalue weighted by molar-refractivity contribution is 7.09. The number of rotatable bonds is 6. The maximum absolute atomic E-state index is 4.76. The van der Waals surface area contributed by atoms with Crippen LogP contribution in [0, 0.1) is 6.92 Å². The van der Waals surface area contributed by atoms with E-state index < -0.39 is 0 Å². The van der Waals surface area contributed by atoms with Crippen molar-refractivity contribution in [3.05, 3.63) is 32.2 Å². The van der Waals surface area contributed by atoms with Gasteiger partial charge in [-0.15, -0.1) is 22.7 Å². The van der Waals surface area contributed by atoms with Gasteiger partial charge < -0.3 is 10.2 Å². The number of hydrogen-bond acceptors (Lipinski definition) is 5. The zero-order valence-electron chi connectivity index (χ0n) is 16.1. The Morgan fingerprint density at radius 2 is 2.00 bits per heavy atom. The van der Waals surface area contributed by atoms with Gasteiger partial charge in [0, 0.05) is 42.7 Å². The zero-order chi connectivity index (χ0) is 18.4. The Balaban J connectivity index is 1.95. The van der Waals surface area contributed by atoms with Gasteiger partial charge in [0.2, 0.25) is 0 Å². The molecule has 0 atom stereocenters. The number of guanidine groups is 1. The molecule has 0 aliphatic heterocycles. The normalized spacial score (nSPS) is 12.5. The number of nitrogens with one attached hydrogen (secondary N) is 1. The molecule has 2 aromatic rings. The van der Waals surface area contributed by atoms with Crippen molar-refractivity contribution in [3.63, 3.8) is 0 Å². The van der Waals surface area contributed by atoms with Crippen molar-refractivity contribution >= 4 is 28.6 Å². The number of nitrogens with zero attached hydrogens (tertiary/aromatic N) is 4. The minimum Gasteiger partial charge on any atom is -0.357 e. The minimum absolute atomic E-state index is 0.110. The molecule has 2 rings (SSSR count). The fraction of sp³-hybridized carbons (Fsp3) is 0.611. The smallest absolute Gasteiger partial charge is 0.194 e. The fourth-order valence-electron chi connectivity index (χ4n) is 2.30. The van der Waals surface area contributed by atoms with Crippen molar-refractivity contribution < 1.29 is 0 Å². The molecule has 0 saturated carbocycles. The van der Waals surface area contributed by atoms with Crippen LogP contribution in [-0.4, -0.2) is 41.0 Å². The first-order valence-electron chi connectivity index (χ1n) is 8.65. The van der Waals surface area contributed by atoms with Crippen LogP contribution < -0.4 is 5.32 Å². The SMILES string of the molecule is CCNC(=NCCc1nc(C(C)(C)C)cs1)N(C)Cc1csc(C)n1. The predicted molar refractivity (Wildman–Crippen MR) is 109 cm³/mol. The fourth-order valence-corrected chi connectivity index (χ4v) is 3.91. The second kappa shape index (κ2) is 8.76. The zero-order valence-corrected chi connectivity index (χ0v) is 17.7. The second-order valence-electron chi connectivity index (χ2n) is 7.08. The van der Waals surface area contributed by atoms with E-state index in [1.54, 1.807) is 22.7 Å². The highest BCUT2D eigenvalue weighted by Crippen LogP contribution is 2.24. The Hall–Kier alpha value is -1.47. The van der Waals surface area contributed by atoms with Crippen LogP contribution in [0.4, 0.5) is 0 Å². The van der Waals surface area contributed by atoms with Gasteiger partial charge in [0.25, 0.3) is 0 Å². The number of aliphatic imine (C=N–C) groups is 1. The van der Waals surface area contributed by atoms with E-state index in [9.17, 15) is 0 Å². The van der Waals surface area contributed by atoms with Gasteiger partial charge in [-0.25, -0.2) is 9.97 Å². The van der Waals surface area contributed by atoms with Crippen molar-refractivity contribution in [2.75, 3.05) is 20.1 Å². The topological polar surface area (TPSA) is 53.4 Å². The molecule has 0 unspecified atom stereocenters. The lowest BCUT2D eigenvalue weighted by molar-refractivity contribution is 0.471. The summed E-state index contributed by atoms with van der Waals surface area (Å²) in [6.07, 6.45) is 0.874. The summed E-state index contributed by atoms with van der Waals surface area (Å²) in [6.45, 7) is 13.1. The van der Waals surface area contributed by atoms with Crippen LogP contribution in [-0.2, 0) is 18.4 Å². The van der Waals surface area contributed by atoms with Gasteiger partial charge in [-0.05, 0) is 13.8 Å². The molecule has 2 heterocycles. The molecule has 138 valence electrons. The van der Waals surface area contributed by atoms with Crippen molar-refractivity contribution in [1.29, 1.82) is 0 Å². The van der Waals surface area contributed by atoms with Gasteiger partial charge >= 0.3 is 0 Å². The molecule has 0 aromatic carbocycles. The van der Waals surface area contributed by atoms with Crippen LogP contribution >= 0.6 is 22.7 Å². The van der Waals surface area contributed by atoms with Gasteiger partial charge in [0.05, 0.1) is 27.9 Å². The van der Waals surface area contributed by atoms with E-state index in [1.807, 2.05) is 6.92 Å². The molecular formula is C18H29N5S2. The number of thiazole rings is 2. The molecule has 2 aromatic heterocycles. The monoisotopic (exact) mass is 379 g/mol. The van der Waals surface area contributed by atoms with Crippen LogP contribution in [0.2, 0.25) is 0 Å². The van der Waals surface area contributed by atoms with Crippen molar-refractivity contribution in [2.24, 2.45) is 4.99 Å². The molecule has 0 aliphatic rings. The Morgan fingerprint density at radius 1 is 1.24 bits per heavy atom. The summed E-state index contributed by atoms with van der Waals surface area (Å²) < 4.78 is 0. The van der Waals surface area contributed by atoms with Gasteiger partial charge in [-0.3, -0.25) is 4.99 Å². The van der Waals surface area contributed by atoms with Gasteiger partial charge in [-0.1, -0.05) is 20.8 Å². The van der Waals surface area contributed by atoms with E-state index in [2.05, 4.69) is 60.7 Å². The van der Waals surface area contributed by atoms with E-state index in [-0.39, 0.29) is 5.41 Å². The average Bonchev–Trinajstić information content (AvgIpc) is 3.15. The first kappa shape index (κ1) is 19.8. The Bertz CT molecular complexity index is 696. The molecule has 5 nitrogen and oxygen atoms in total. The molecule has 1 N–H and O–H groups in total. The third-order valence-electron chi connectivity index (χ3n) is 3.67. The molecule has 0 radical (unpaired) electrons. The summed E-state index contributed by atoms with van der Waals surface area (Å²) in [7, 11) is 2.05. The molecule has 0 amide bonds. The van der Waals surface area contributed by atoms with E-state index in [0.29, 0.717) is 0 Å². The third kappa shape index (κ3) is 6.08. The molecule has 0 saturated heterocycles. The second-order valence-corrected chi connectivity index (χ2v) is 9.08. The molecule has 25 heavy (non-hydrogen) atoms. The summed E-state index contributed by atoms with van der Waals surface area (Å²) >= 11 is 3.42. The van der Waals surface area contributed by atoms with E-state index in [4.69, 9.17) is 9.98 Å². The number of hydrogen-bond donors (Lipinski definition) is 1. The quantitative estimate of drug-likeness (QED) is 0.612.